The molecular formula is C30H54NO8P. The van der Waals surface area contributed by atoms with Crippen LogP contribution in [0.1, 0.15) is 90.9 Å². The maximum atomic E-state index is 12.3. The highest BCUT2D eigenvalue weighted by atomic mass is 31.2. The summed E-state index contributed by atoms with van der Waals surface area (Å²) in [4.78, 5) is 35.4. The van der Waals surface area contributed by atoms with Gasteiger partial charge in [-0.1, -0.05) is 75.5 Å². The van der Waals surface area contributed by atoms with Crippen molar-refractivity contribution in [1.82, 2.24) is 0 Å². The zero-order valence-electron chi connectivity index (χ0n) is 25.5. The average molecular weight is 588 g/mol. The summed E-state index contributed by atoms with van der Waals surface area (Å²) in [5.74, 6) is -1.05. The number of nitrogens with zero attached hydrogens (tertiary/aromatic N) is 1. The van der Waals surface area contributed by atoms with Crippen molar-refractivity contribution in [3.8, 4) is 0 Å². The normalized spacial score (nSPS) is 14.7. The van der Waals surface area contributed by atoms with Crippen LogP contribution in [0.15, 0.2) is 36.5 Å². The first-order valence-electron chi connectivity index (χ1n) is 14.6. The molecule has 0 saturated carbocycles. The number of quaternary nitrogens is 1. The van der Waals surface area contributed by atoms with Gasteiger partial charge in [0.05, 0.1) is 27.7 Å². The molecule has 0 aromatic heterocycles. The highest BCUT2D eigenvalue weighted by Gasteiger charge is 2.21. The summed E-state index contributed by atoms with van der Waals surface area (Å²) in [7, 11) is 1.14. The third-order valence-electron chi connectivity index (χ3n) is 5.73. The lowest BCUT2D eigenvalue weighted by atomic mass is 10.1. The van der Waals surface area contributed by atoms with Gasteiger partial charge >= 0.3 is 11.9 Å². The van der Waals surface area contributed by atoms with Gasteiger partial charge in [0.1, 0.15) is 19.8 Å². The summed E-state index contributed by atoms with van der Waals surface area (Å²) in [5, 5.41) is 0. The Morgan fingerprint density at radius 3 is 2.00 bits per heavy atom. The molecular weight excluding hydrogens is 533 g/mol. The second-order valence-corrected chi connectivity index (χ2v) is 12.2. The van der Waals surface area contributed by atoms with Crippen LogP contribution in [-0.4, -0.2) is 70.0 Å². The Hall–Kier alpha value is -1.77. The van der Waals surface area contributed by atoms with E-state index >= 15 is 0 Å². The topological polar surface area (TPSA) is 111 Å². The van der Waals surface area contributed by atoms with Crippen LogP contribution in [-0.2, 0) is 32.7 Å². The summed E-state index contributed by atoms with van der Waals surface area (Å²) in [6.07, 6.45) is 24.0. The minimum atomic E-state index is -4.58. The lowest BCUT2D eigenvalue weighted by Crippen LogP contribution is -2.37. The fourth-order valence-electron chi connectivity index (χ4n) is 3.45. The third kappa shape index (κ3) is 27.8. The van der Waals surface area contributed by atoms with Gasteiger partial charge in [-0.2, -0.15) is 0 Å². The van der Waals surface area contributed by atoms with Gasteiger partial charge in [-0.15, -0.1) is 0 Å². The van der Waals surface area contributed by atoms with Gasteiger partial charge in [-0.3, -0.25) is 14.2 Å². The molecule has 0 radical (unpaired) electrons. The van der Waals surface area contributed by atoms with Crippen molar-refractivity contribution in [2.24, 2.45) is 0 Å². The lowest BCUT2D eigenvalue weighted by Gasteiger charge is -2.28. The molecule has 2 unspecified atom stereocenters. The molecule has 10 heteroatoms. The van der Waals surface area contributed by atoms with E-state index in [2.05, 4.69) is 43.4 Å². The molecule has 40 heavy (non-hydrogen) atoms. The Labute approximate surface area is 242 Å². The number of allylic oxidation sites excluding steroid dienone is 6. The predicted molar refractivity (Wildman–Crippen MR) is 157 cm³/mol. The van der Waals surface area contributed by atoms with E-state index in [0.717, 1.165) is 44.9 Å². The summed E-state index contributed by atoms with van der Waals surface area (Å²) >= 11 is 0. The van der Waals surface area contributed by atoms with Gasteiger partial charge < -0.3 is 27.9 Å². The minimum Gasteiger partial charge on any atom is -0.756 e. The second-order valence-electron chi connectivity index (χ2n) is 10.8. The number of esters is 2. The Bertz CT molecular complexity index is 804. The maximum Gasteiger partial charge on any atom is 0.306 e. The smallest absolute Gasteiger partial charge is 0.306 e. The number of rotatable bonds is 25. The quantitative estimate of drug-likeness (QED) is 0.0418. The van der Waals surface area contributed by atoms with Crippen LogP contribution >= 0.6 is 7.82 Å². The predicted octanol–water partition coefficient (Wildman–Crippen LogP) is 6.04. The van der Waals surface area contributed by atoms with Gasteiger partial charge in [0.25, 0.3) is 7.82 Å². The van der Waals surface area contributed by atoms with E-state index in [0.29, 0.717) is 17.4 Å². The molecule has 0 rings (SSSR count). The van der Waals surface area contributed by atoms with Crippen LogP contribution in [0.5, 0.6) is 0 Å². The van der Waals surface area contributed by atoms with Crippen molar-refractivity contribution in [2.75, 3.05) is 47.5 Å². The number of phosphoric acid groups is 1. The van der Waals surface area contributed by atoms with E-state index in [4.69, 9.17) is 18.5 Å². The number of ether oxygens (including phenoxy) is 2. The molecule has 0 aromatic rings. The van der Waals surface area contributed by atoms with Crippen molar-refractivity contribution in [1.29, 1.82) is 0 Å². The molecule has 0 spiro atoms. The second kappa shape index (κ2) is 23.9. The minimum absolute atomic E-state index is 0.0365. The molecule has 0 bridgehead atoms. The van der Waals surface area contributed by atoms with Gasteiger partial charge in [0, 0.05) is 13.3 Å². The fraction of sp³-hybridized carbons (Fsp3) is 0.733. The number of carbonyl (C=O) groups excluding carboxylic acids is 2. The molecule has 0 aliphatic heterocycles. The molecule has 0 aliphatic rings. The highest BCUT2D eigenvalue weighted by Crippen LogP contribution is 2.38. The third-order valence-corrected chi connectivity index (χ3v) is 6.70. The Balaban J connectivity index is 4.04. The first-order valence-corrected chi connectivity index (χ1v) is 16.1. The molecule has 0 aliphatic carbocycles. The van der Waals surface area contributed by atoms with E-state index in [-0.39, 0.29) is 19.6 Å². The molecule has 0 aromatic carbocycles. The van der Waals surface area contributed by atoms with E-state index in [1.165, 1.54) is 26.2 Å². The van der Waals surface area contributed by atoms with E-state index in [1.54, 1.807) is 0 Å². The number of likely N-dealkylation sites (N-methyl/N-ethyl adjacent to an activating group) is 1. The Morgan fingerprint density at radius 1 is 0.825 bits per heavy atom. The standard InChI is InChI=1S/C30H54NO8P/c1-6-7-8-9-10-11-12-13-14-15-16-17-18-19-20-21-22-23-30(33)39-29(26-36-28(2)32)27-38-40(34,35)37-25-24-31(3,4)5/h7-8,10-11,13-14,29H,6,9,12,15-27H2,1-5H3/b8-7-,11-10-,14-13-. The van der Waals surface area contributed by atoms with Gasteiger partial charge in [0.15, 0.2) is 6.10 Å². The number of hydrogen-bond acceptors (Lipinski definition) is 8. The SMILES string of the molecule is CC/C=C\C/C=C\C/C=C\CCCCCCCCCC(=O)OC(COC(C)=O)COP(=O)([O-])OCC[N+](C)(C)C. The van der Waals surface area contributed by atoms with Crippen LogP contribution in [0.3, 0.4) is 0 Å². The number of phosphoric ester groups is 1. The molecule has 0 heterocycles. The first kappa shape index (κ1) is 38.2. The van der Waals surface area contributed by atoms with Gasteiger partial charge in [-0.25, -0.2) is 0 Å². The van der Waals surface area contributed by atoms with E-state index in [9.17, 15) is 19.0 Å². The summed E-state index contributed by atoms with van der Waals surface area (Å²) < 4.78 is 32.5. The largest absolute Gasteiger partial charge is 0.756 e. The molecule has 232 valence electrons. The summed E-state index contributed by atoms with van der Waals surface area (Å²) in [6.45, 7) is 3.02. The van der Waals surface area contributed by atoms with Crippen molar-refractivity contribution in [3.63, 3.8) is 0 Å². The van der Waals surface area contributed by atoms with Crippen LogP contribution < -0.4 is 4.89 Å². The molecule has 2 atom stereocenters. The number of hydrogen-bond donors (Lipinski definition) is 0. The highest BCUT2D eigenvalue weighted by molar-refractivity contribution is 7.45. The van der Waals surface area contributed by atoms with Crippen LogP contribution in [0.4, 0.5) is 0 Å². The average Bonchev–Trinajstić information content (AvgIpc) is 2.86. The maximum absolute atomic E-state index is 12.3. The van der Waals surface area contributed by atoms with Gasteiger partial charge in [-0.05, 0) is 38.5 Å². The summed E-state index contributed by atoms with van der Waals surface area (Å²) in [5.41, 5.74) is 0. The monoisotopic (exact) mass is 587 g/mol. The van der Waals surface area contributed by atoms with Crippen molar-refractivity contribution in [2.45, 2.75) is 97.0 Å². The van der Waals surface area contributed by atoms with Crippen LogP contribution in [0, 0.1) is 0 Å². The zero-order valence-corrected chi connectivity index (χ0v) is 26.4. The fourth-order valence-corrected chi connectivity index (χ4v) is 4.18. The van der Waals surface area contributed by atoms with Crippen molar-refractivity contribution in [3.05, 3.63) is 36.5 Å². The number of carbonyl (C=O) groups is 2. The Kier molecular flexibility index (Phi) is 22.8. The molecule has 9 nitrogen and oxygen atoms in total. The van der Waals surface area contributed by atoms with Crippen molar-refractivity contribution >= 4 is 19.8 Å². The van der Waals surface area contributed by atoms with E-state index in [1.807, 2.05) is 21.1 Å². The first-order chi connectivity index (χ1) is 18.9. The summed E-state index contributed by atoms with van der Waals surface area (Å²) in [6, 6.07) is 0. The number of unbranched alkanes of at least 4 members (excludes halogenated alkanes) is 7. The van der Waals surface area contributed by atoms with Crippen LogP contribution in [0.25, 0.3) is 0 Å². The van der Waals surface area contributed by atoms with Crippen LogP contribution in [0.2, 0.25) is 0 Å². The molecule has 0 fully saturated rings. The van der Waals surface area contributed by atoms with Gasteiger partial charge in [0.2, 0.25) is 0 Å². The molecule has 0 N–H and O–H groups in total. The van der Waals surface area contributed by atoms with E-state index < -0.39 is 32.5 Å². The Morgan fingerprint density at radius 2 is 1.40 bits per heavy atom. The molecule has 0 saturated heterocycles. The zero-order chi connectivity index (χ0) is 30.1. The molecule has 0 amide bonds. The van der Waals surface area contributed by atoms with Crippen molar-refractivity contribution < 1.29 is 42.1 Å². The lowest BCUT2D eigenvalue weighted by molar-refractivity contribution is -0.870.